The first-order chi connectivity index (χ1) is 14.5. The second-order valence-corrected chi connectivity index (χ2v) is 8.23. The van der Waals surface area contributed by atoms with Gasteiger partial charge in [0.1, 0.15) is 10.8 Å². The third-order valence-electron chi connectivity index (χ3n) is 5.62. The van der Waals surface area contributed by atoms with Crippen molar-refractivity contribution in [3.63, 3.8) is 0 Å². The SMILES string of the molecule is COc1cc(N2CCN(CCn3nc(-n4ccnn4)c(Cl)c3C)[C@@H](C)C2)ccc1Cl. The number of piperazine rings is 1. The highest BCUT2D eigenvalue weighted by Gasteiger charge is 2.25. The fourth-order valence-electron chi connectivity index (χ4n) is 3.82. The highest BCUT2D eigenvalue weighted by atomic mass is 35.5. The van der Waals surface area contributed by atoms with E-state index >= 15 is 0 Å². The molecular weight excluding hydrogens is 425 g/mol. The number of ether oxygens (including phenoxy) is 1. The number of nitrogens with zero attached hydrogens (tertiary/aromatic N) is 7. The Morgan fingerprint density at radius 3 is 2.73 bits per heavy atom. The van der Waals surface area contributed by atoms with Gasteiger partial charge >= 0.3 is 0 Å². The van der Waals surface area contributed by atoms with Gasteiger partial charge in [-0.2, -0.15) is 9.78 Å². The summed E-state index contributed by atoms with van der Waals surface area (Å²) in [5.74, 6) is 1.32. The van der Waals surface area contributed by atoms with Crippen LogP contribution in [0.4, 0.5) is 5.69 Å². The predicted molar refractivity (Wildman–Crippen MR) is 118 cm³/mol. The van der Waals surface area contributed by atoms with Crippen molar-refractivity contribution < 1.29 is 4.74 Å². The molecule has 0 bridgehead atoms. The predicted octanol–water partition coefficient (Wildman–Crippen LogP) is 3.30. The summed E-state index contributed by atoms with van der Waals surface area (Å²) in [6.45, 7) is 8.74. The third kappa shape index (κ3) is 4.12. The van der Waals surface area contributed by atoms with E-state index in [1.54, 1.807) is 24.2 Å². The Labute approximate surface area is 185 Å². The van der Waals surface area contributed by atoms with E-state index in [-0.39, 0.29) is 0 Å². The van der Waals surface area contributed by atoms with E-state index < -0.39 is 0 Å². The van der Waals surface area contributed by atoms with E-state index in [9.17, 15) is 0 Å². The van der Waals surface area contributed by atoms with E-state index in [1.165, 1.54) is 0 Å². The molecule has 3 heterocycles. The Morgan fingerprint density at radius 2 is 2.03 bits per heavy atom. The van der Waals surface area contributed by atoms with Crippen LogP contribution < -0.4 is 9.64 Å². The third-order valence-corrected chi connectivity index (χ3v) is 6.37. The molecule has 0 unspecified atom stereocenters. The highest BCUT2D eigenvalue weighted by molar-refractivity contribution is 6.33. The maximum Gasteiger partial charge on any atom is 0.195 e. The van der Waals surface area contributed by atoms with E-state index in [4.69, 9.17) is 27.9 Å². The fourth-order valence-corrected chi connectivity index (χ4v) is 4.24. The molecule has 0 N–H and O–H groups in total. The van der Waals surface area contributed by atoms with Gasteiger partial charge in [-0.05, 0) is 26.0 Å². The number of methoxy groups -OCH3 is 1. The Balaban J connectivity index is 1.39. The summed E-state index contributed by atoms with van der Waals surface area (Å²) in [6.07, 6.45) is 3.35. The van der Waals surface area contributed by atoms with Crippen molar-refractivity contribution in [1.29, 1.82) is 0 Å². The first-order valence-corrected chi connectivity index (χ1v) is 10.7. The van der Waals surface area contributed by atoms with Crippen molar-refractivity contribution in [3.05, 3.63) is 46.3 Å². The van der Waals surface area contributed by atoms with Gasteiger partial charge < -0.3 is 9.64 Å². The molecule has 1 saturated heterocycles. The number of rotatable bonds is 6. The van der Waals surface area contributed by atoms with Crippen LogP contribution in [0.15, 0.2) is 30.6 Å². The van der Waals surface area contributed by atoms with Crippen LogP contribution in [-0.2, 0) is 6.54 Å². The van der Waals surface area contributed by atoms with Crippen molar-refractivity contribution in [2.45, 2.75) is 26.4 Å². The van der Waals surface area contributed by atoms with Gasteiger partial charge in [0.15, 0.2) is 5.82 Å². The van der Waals surface area contributed by atoms with Crippen LogP contribution in [0.2, 0.25) is 10.0 Å². The molecular formula is C20H25Cl2N7O. The van der Waals surface area contributed by atoms with E-state index in [0.29, 0.717) is 27.7 Å². The number of hydrogen-bond donors (Lipinski definition) is 0. The molecule has 1 fully saturated rings. The lowest BCUT2D eigenvalue weighted by Crippen LogP contribution is -2.52. The molecule has 1 aliphatic rings. The van der Waals surface area contributed by atoms with Crippen molar-refractivity contribution in [2.75, 3.05) is 38.2 Å². The number of halogens is 2. The van der Waals surface area contributed by atoms with Crippen molar-refractivity contribution in [1.82, 2.24) is 29.7 Å². The Morgan fingerprint density at radius 1 is 1.20 bits per heavy atom. The maximum absolute atomic E-state index is 6.47. The minimum atomic E-state index is 0.404. The zero-order valence-electron chi connectivity index (χ0n) is 17.3. The lowest BCUT2D eigenvalue weighted by Gasteiger charge is -2.41. The van der Waals surface area contributed by atoms with Crippen molar-refractivity contribution in [3.8, 4) is 11.6 Å². The summed E-state index contributed by atoms with van der Waals surface area (Å²) >= 11 is 12.6. The largest absolute Gasteiger partial charge is 0.495 e. The molecule has 30 heavy (non-hydrogen) atoms. The standard InChI is InChI=1S/C20H25Cl2N7O/c1-14-13-27(16-4-5-17(21)18(12-16)30-3)9-8-26(14)10-11-28-15(2)19(22)20(24-28)29-7-6-23-25-29/h4-7,12,14H,8-11,13H2,1-3H3/t14-/m0/s1. The number of anilines is 1. The van der Waals surface area contributed by atoms with E-state index in [2.05, 4.69) is 32.1 Å². The van der Waals surface area contributed by atoms with Gasteiger partial charge in [-0.3, -0.25) is 9.58 Å². The molecule has 0 radical (unpaired) electrons. The Kier molecular flexibility index (Phi) is 6.17. The maximum atomic E-state index is 6.47. The van der Waals surface area contributed by atoms with Crippen LogP contribution in [0.25, 0.3) is 5.82 Å². The summed E-state index contributed by atoms with van der Waals surface area (Å²) in [4.78, 5) is 4.85. The Hall–Kier alpha value is -2.29. The number of hydrogen-bond acceptors (Lipinski definition) is 6. The molecule has 1 aliphatic heterocycles. The second kappa shape index (κ2) is 8.83. The highest BCUT2D eigenvalue weighted by Crippen LogP contribution is 2.30. The minimum Gasteiger partial charge on any atom is -0.495 e. The summed E-state index contributed by atoms with van der Waals surface area (Å²) < 4.78 is 8.90. The molecule has 0 spiro atoms. The summed E-state index contributed by atoms with van der Waals surface area (Å²) in [5.41, 5.74) is 2.07. The molecule has 2 aromatic heterocycles. The molecule has 1 atom stereocenters. The average Bonchev–Trinajstić information content (AvgIpc) is 3.37. The lowest BCUT2D eigenvalue weighted by molar-refractivity contribution is 0.180. The molecule has 0 amide bonds. The lowest BCUT2D eigenvalue weighted by atomic mass is 10.1. The molecule has 10 heteroatoms. The smallest absolute Gasteiger partial charge is 0.195 e. The van der Waals surface area contributed by atoms with Gasteiger partial charge in [-0.1, -0.05) is 28.4 Å². The topological polar surface area (TPSA) is 64.2 Å². The fraction of sp³-hybridized carbons (Fsp3) is 0.450. The number of aromatic nitrogens is 5. The summed E-state index contributed by atoms with van der Waals surface area (Å²) in [6, 6.07) is 6.35. The average molecular weight is 450 g/mol. The van der Waals surface area contributed by atoms with Crippen LogP contribution in [0.3, 0.4) is 0 Å². The monoisotopic (exact) mass is 449 g/mol. The Bertz CT molecular complexity index is 1010. The van der Waals surface area contributed by atoms with Gasteiger partial charge in [0.2, 0.25) is 0 Å². The molecule has 0 aliphatic carbocycles. The van der Waals surface area contributed by atoms with Crippen LogP contribution in [0.1, 0.15) is 12.6 Å². The molecule has 160 valence electrons. The van der Waals surface area contributed by atoms with Crippen LogP contribution >= 0.6 is 23.2 Å². The normalized spacial score (nSPS) is 17.5. The second-order valence-electron chi connectivity index (χ2n) is 7.44. The van der Waals surface area contributed by atoms with Crippen molar-refractivity contribution in [2.24, 2.45) is 0 Å². The molecule has 0 saturated carbocycles. The molecule has 4 rings (SSSR count). The first kappa shape index (κ1) is 21.0. The van der Waals surface area contributed by atoms with Gasteiger partial charge in [0, 0.05) is 44.0 Å². The summed E-state index contributed by atoms with van der Waals surface area (Å²) in [5, 5.41) is 13.7. The zero-order chi connectivity index (χ0) is 21.3. The van der Waals surface area contributed by atoms with Crippen LogP contribution in [-0.4, -0.2) is 69.0 Å². The van der Waals surface area contributed by atoms with Crippen LogP contribution in [0, 0.1) is 6.92 Å². The van der Waals surface area contributed by atoms with Gasteiger partial charge in [0.25, 0.3) is 0 Å². The number of benzene rings is 1. The quantitative estimate of drug-likeness (QED) is 0.575. The van der Waals surface area contributed by atoms with Gasteiger partial charge in [0.05, 0.1) is 36.8 Å². The molecule has 1 aromatic carbocycles. The van der Waals surface area contributed by atoms with Gasteiger partial charge in [-0.25, -0.2) is 0 Å². The molecule has 8 nitrogen and oxygen atoms in total. The van der Waals surface area contributed by atoms with Crippen molar-refractivity contribution >= 4 is 28.9 Å². The first-order valence-electron chi connectivity index (χ1n) is 9.90. The van der Waals surface area contributed by atoms with Gasteiger partial charge in [-0.15, -0.1) is 5.10 Å². The minimum absolute atomic E-state index is 0.404. The van der Waals surface area contributed by atoms with E-state index in [0.717, 1.165) is 44.1 Å². The molecule has 3 aromatic rings. The van der Waals surface area contributed by atoms with Crippen LogP contribution in [0.5, 0.6) is 5.75 Å². The summed E-state index contributed by atoms with van der Waals surface area (Å²) in [7, 11) is 1.64. The zero-order valence-corrected chi connectivity index (χ0v) is 18.8. The van der Waals surface area contributed by atoms with E-state index in [1.807, 2.05) is 29.8 Å².